The van der Waals surface area contributed by atoms with Crippen molar-refractivity contribution >= 4 is 11.9 Å². The van der Waals surface area contributed by atoms with Crippen molar-refractivity contribution in [1.29, 1.82) is 0 Å². The normalized spacial score (nSPS) is 10.4. The van der Waals surface area contributed by atoms with Crippen LogP contribution in [-0.4, -0.2) is 20.9 Å². The average Bonchev–Trinajstić information content (AvgIpc) is 2.49. The maximum atomic E-state index is 10.3. The summed E-state index contributed by atoms with van der Waals surface area (Å²) >= 11 is 0. The van der Waals surface area contributed by atoms with Gasteiger partial charge in [-0.25, -0.2) is 9.50 Å². The predicted octanol–water partition coefficient (Wildman–Crippen LogP) is 0.850. The number of nitrogens with zero attached hydrogens (tertiary/aromatic N) is 3. The number of pyridine rings is 1. The van der Waals surface area contributed by atoms with Gasteiger partial charge >= 0.3 is 0 Å². The summed E-state index contributed by atoms with van der Waals surface area (Å²) in [5.41, 5.74) is 1.67. The van der Waals surface area contributed by atoms with Crippen molar-refractivity contribution in [2.45, 2.75) is 6.92 Å². The van der Waals surface area contributed by atoms with Gasteiger partial charge in [0.15, 0.2) is 11.9 Å². The van der Waals surface area contributed by atoms with E-state index in [1.165, 1.54) is 0 Å². The summed E-state index contributed by atoms with van der Waals surface area (Å²) in [5, 5.41) is 3.97. The van der Waals surface area contributed by atoms with E-state index < -0.39 is 0 Å². The number of aryl methyl sites for hydroxylation is 1. The number of fused-ring (bicyclic) bond motifs is 1. The van der Waals surface area contributed by atoms with Gasteiger partial charge in [0.05, 0.1) is 0 Å². The van der Waals surface area contributed by atoms with Crippen LogP contribution in [0.1, 0.15) is 16.3 Å². The molecule has 0 unspecified atom stereocenters. The Kier molecular flexibility index (Phi) is 1.40. The van der Waals surface area contributed by atoms with Gasteiger partial charge < -0.3 is 0 Å². The molecule has 0 aliphatic carbocycles. The minimum Gasteiger partial charge on any atom is -0.294 e. The molecule has 0 aliphatic rings. The SMILES string of the molecule is Cc1cccc2nc(C=O)nn12. The van der Waals surface area contributed by atoms with Crippen LogP contribution in [0, 0.1) is 6.92 Å². The van der Waals surface area contributed by atoms with Crippen LogP contribution in [0.15, 0.2) is 18.2 Å². The Bertz CT molecular complexity index is 433. The Morgan fingerprint density at radius 2 is 2.33 bits per heavy atom. The van der Waals surface area contributed by atoms with Crippen molar-refractivity contribution in [3.63, 3.8) is 0 Å². The zero-order valence-electron chi connectivity index (χ0n) is 6.56. The van der Waals surface area contributed by atoms with Crippen LogP contribution >= 0.6 is 0 Å². The van der Waals surface area contributed by atoms with Crippen molar-refractivity contribution in [3.05, 3.63) is 29.7 Å². The first kappa shape index (κ1) is 6.97. The van der Waals surface area contributed by atoms with Gasteiger partial charge in [-0.1, -0.05) is 6.07 Å². The summed E-state index contributed by atoms with van der Waals surface area (Å²) in [7, 11) is 0. The van der Waals surface area contributed by atoms with E-state index in [1.807, 2.05) is 25.1 Å². The van der Waals surface area contributed by atoms with E-state index in [1.54, 1.807) is 4.52 Å². The summed E-state index contributed by atoms with van der Waals surface area (Å²) in [6, 6.07) is 5.61. The lowest BCUT2D eigenvalue weighted by Crippen LogP contribution is -1.92. The minimum absolute atomic E-state index is 0.226. The van der Waals surface area contributed by atoms with Gasteiger partial charge in [-0.05, 0) is 19.1 Å². The molecule has 0 amide bonds. The summed E-state index contributed by atoms with van der Waals surface area (Å²) in [6.07, 6.45) is 0.645. The Morgan fingerprint density at radius 1 is 1.50 bits per heavy atom. The lowest BCUT2D eigenvalue weighted by atomic mass is 10.4. The summed E-state index contributed by atoms with van der Waals surface area (Å²) in [4.78, 5) is 14.3. The topological polar surface area (TPSA) is 47.3 Å². The molecule has 0 atom stereocenters. The Labute approximate surface area is 68.8 Å². The van der Waals surface area contributed by atoms with Crippen LogP contribution in [0.3, 0.4) is 0 Å². The second-order valence-corrected chi connectivity index (χ2v) is 2.53. The maximum absolute atomic E-state index is 10.3. The molecule has 0 aliphatic heterocycles. The van der Waals surface area contributed by atoms with E-state index >= 15 is 0 Å². The van der Waals surface area contributed by atoms with Crippen LogP contribution in [0.4, 0.5) is 0 Å². The molecule has 2 rings (SSSR count). The lowest BCUT2D eigenvalue weighted by molar-refractivity contribution is 0.111. The molecule has 2 aromatic rings. The highest BCUT2D eigenvalue weighted by Gasteiger charge is 2.01. The van der Waals surface area contributed by atoms with E-state index in [-0.39, 0.29) is 5.82 Å². The molecule has 12 heavy (non-hydrogen) atoms. The van der Waals surface area contributed by atoms with E-state index in [9.17, 15) is 4.79 Å². The first-order chi connectivity index (χ1) is 5.81. The van der Waals surface area contributed by atoms with Crippen molar-refractivity contribution in [2.24, 2.45) is 0 Å². The van der Waals surface area contributed by atoms with Gasteiger partial charge in [0.1, 0.15) is 0 Å². The fourth-order valence-corrected chi connectivity index (χ4v) is 1.10. The highest BCUT2D eigenvalue weighted by molar-refractivity contribution is 5.70. The molecular weight excluding hydrogens is 154 g/mol. The smallest absolute Gasteiger partial charge is 0.214 e. The van der Waals surface area contributed by atoms with E-state index in [0.29, 0.717) is 11.9 Å². The molecule has 4 nitrogen and oxygen atoms in total. The van der Waals surface area contributed by atoms with Crippen molar-refractivity contribution in [2.75, 3.05) is 0 Å². The Morgan fingerprint density at radius 3 is 3.00 bits per heavy atom. The third kappa shape index (κ3) is 0.887. The molecule has 0 spiro atoms. The molecule has 2 heterocycles. The minimum atomic E-state index is 0.226. The maximum Gasteiger partial charge on any atom is 0.214 e. The largest absolute Gasteiger partial charge is 0.294 e. The number of hydrogen-bond donors (Lipinski definition) is 0. The molecule has 0 saturated carbocycles. The molecule has 4 heteroatoms. The molecule has 0 N–H and O–H groups in total. The predicted molar refractivity (Wildman–Crippen MR) is 43.1 cm³/mol. The molecular formula is C8H7N3O. The molecule has 0 bridgehead atoms. The molecule has 0 fully saturated rings. The first-order valence-corrected chi connectivity index (χ1v) is 3.59. The van der Waals surface area contributed by atoms with Crippen LogP contribution in [0.25, 0.3) is 5.65 Å². The Hall–Kier alpha value is -1.71. The number of rotatable bonds is 1. The zero-order chi connectivity index (χ0) is 8.55. The van der Waals surface area contributed by atoms with Gasteiger partial charge in [0.25, 0.3) is 0 Å². The van der Waals surface area contributed by atoms with Gasteiger partial charge in [0.2, 0.25) is 5.82 Å². The second-order valence-electron chi connectivity index (χ2n) is 2.53. The number of carbonyl (C=O) groups is 1. The third-order valence-electron chi connectivity index (χ3n) is 1.67. The van der Waals surface area contributed by atoms with Gasteiger partial charge in [-0.2, -0.15) is 0 Å². The number of hydrogen-bond acceptors (Lipinski definition) is 3. The van der Waals surface area contributed by atoms with E-state index in [0.717, 1.165) is 5.69 Å². The summed E-state index contributed by atoms with van der Waals surface area (Å²) in [6.45, 7) is 1.91. The van der Waals surface area contributed by atoms with Crippen LogP contribution in [0.5, 0.6) is 0 Å². The monoisotopic (exact) mass is 161 g/mol. The van der Waals surface area contributed by atoms with Gasteiger partial charge in [-0.3, -0.25) is 4.79 Å². The van der Waals surface area contributed by atoms with Crippen LogP contribution < -0.4 is 0 Å². The number of aromatic nitrogens is 3. The fraction of sp³-hybridized carbons (Fsp3) is 0.125. The van der Waals surface area contributed by atoms with Crippen molar-refractivity contribution in [1.82, 2.24) is 14.6 Å². The highest BCUT2D eigenvalue weighted by Crippen LogP contribution is 2.03. The number of carbonyl (C=O) groups excluding carboxylic acids is 1. The zero-order valence-corrected chi connectivity index (χ0v) is 6.56. The molecule has 2 aromatic heterocycles. The van der Waals surface area contributed by atoms with Gasteiger partial charge in [0, 0.05) is 5.69 Å². The molecule has 0 saturated heterocycles. The quantitative estimate of drug-likeness (QED) is 0.582. The van der Waals surface area contributed by atoms with Crippen molar-refractivity contribution in [3.8, 4) is 0 Å². The van der Waals surface area contributed by atoms with Crippen molar-refractivity contribution < 1.29 is 4.79 Å². The fourth-order valence-electron chi connectivity index (χ4n) is 1.10. The molecule has 0 aromatic carbocycles. The highest BCUT2D eigenvalue weighted by atomic mass is 16.1. The lowest BCUT2D eigenvalue weighted by Gasteiger charge is -1.93. The third-order valence-corrected chi connectivity index (χ3v) is 1.67. The van der Waals surface area contributed by atoms with Crippen LogP contribution in [0.2, 0.25) is 0 Å². The van der Waals surface area contributed by atoms with E-state index in [4.69, 9.17) is 0 Å². The summed E-state index contributed by atoms with van der Waals surface area (Å²) in [5.74, 6) is 0.226. The second kappa shape index (κ2) is 2.41. The average molecular weight is 161 g/mol. The van der Waals surface area contributed by atoms with Gasteiger partial charge in [-0.15, -0.1) is 5.10 Å². The molecule has 0 radical (unpaired) electrons. The van der Waals surface area contributed by atoms with Crippen LogP contribution in [-0.2, 0) is 0 Å². The standard InChI is InChI=1S/C8H7N3O/c1-6-3-2-4-8-9-7(5-12)10-11(6)8/h2-5H,1H3. The molecule has 60 valence electrons. The van der Waals surface area contributed by atoms with E-state index in [2.05, 4.69) is 10.1 Å². The number of aldehydes is 1. The first-order valence-electron chi connectivity index (χ1n) is 3.59. The Balaban J connectivity index is 2.82. The summed E-state index contributed by atoms with van der Waals surface area (Å²) < 4.78 is 1.64.